The van der Waals surface area contributed by atoms with Crippen LogP contribution >= 0.6 is 0 Å². The van der Waals surface area contributed by atoms with Crippen molar-refractivity contribution in [3.63, 3.8) is 0 Å². The second-order valence-corrected chi connectivity index (χ2v) is 6.85. The zero-order valence-electron chi connectivity index (χ0n) is 13.7. The van der Waals surface area contributed by atoms with Gasteiger partial charge in [-0.25, -0.2) is 0 Å². The molecule has 0 aliphatic heterocycles. The van der Waals surface area contributed by atoms with Crippen LogP contribution < -0.4 is 0 Å². The van der Waals surface area contributed by atoms with Crippen LogP contribution in [0.3, 0.4) is 0 Å². The highest BCUT2D eigenvalue weighted by molar-refractivity contribution is 5.78. The molecule has 1 aliphatic rings. The molecule has 0 amide bonds. The molecule has 0 spiro atoms. The smallest absolute Gasteiger partial charge is 0.310 e. The molecule has 3 heteroatoms. The van der Waals surface area contributed by atoms with Gasteiger partial charge in [-0.1, -0.05) is 32.4 Å². The van der Waals surface area contributed by atoms with Crippen molar-refractivity contribution in [2.75, 3.05) is 0 Å². The number of carbonyl (C=O) groups is 1. The van der Waals surface area contributed by atoms with E-state index in [1.165, 1.54) is 5.57 Å². The Bertz CT molecular complexity index is 532. The van der Waals surface area contributed by atoms with E-state index in [-0.39, 0.29) is 17.3 Å². The number of rotatable bonds is 6. The number of allylic oxidation sites excluding steroid dienone is 2. The van der Waals surface area contributed by atoms with Crippen molar-refractivity contribution in [2.45, 2.75) is 54.1 Å². The van der Waals surface area contributed by atoms with E-state index >= 15 is 0 Å². The first-order chi connectivity index (χ1) is 9.86. The molecule has 1 aromatic heterocycles. The molecule has 0 N–H and O–H groups in total. The lowest BCUT2D eigenvalue weighted by Crippen LogP contribution is -2.10. The van der Waals surface area contributed by atoms with E-state index in [0.717, 1.165) is 24.2 Å². The maximum atomic E-state index is 12.2. The molecule has 2 unspecified atom stereocenters. The number of hydrogen-bond donors (Lipinski definition) is 0. The predicted molar refractivity (Wildman–Crippen MR) is 82.7 cm³/mol. The summed E-state index contributed by atoms with van der Waals surface area (Å²) in [7, 11) is 0. The van der Waals surface area contributed by atoms with Crippen LogP contribution in [-0.2, 0) is 22.6 Å². The summed E-state index contributed by atoms with van der Waals surface area (Å²) in [6.45, 7) is 10.8. The summed E-state index contributed by atoms with van der Waals surface area (Å²) in [4.78, 5) is 12.2. The minimum atomic E-state index is -0.0965. The van der Waals surface area contributed by atoms with Gasteiger partial charge in [-0.2, -0.15) is 0 Å². The number of ether oxygens (including phenoxy) is 1. The molecule has 2 atom stereocenters. The normalized spacial score (nSPS) is 22.7. The Kier molecular flexibility index (Phi) is 4.60. The van der Waals surface area contributed by atoms with Gasteiger partial charge in [0.2, 0.25) is 0 Å². The Labute approximate surface area is 127 Å². The molecule has 0 saturated heterocycles. The summed E-state index contributed by atoms with van der Waals surface area (Å²) in [5, 5.41) is 0. The molecule has 1 aliphatic carbocycles. The zero-order valence-corrected chi connectivity index (χ0v) is 13.7. The fraction of sp³-hybridized carbons (Fsp3) is 0.611. The maximum Gasteiger partial charge on any atom is 0.310 e. The summed E-state index contributed by atoms with van der Waals surface area (Å²) in [6, 6.07) is 1.97. The summed E-state index contributed by atoms with van der Waals surface area (Å²) in [6.07, 6.45) is 5.84. The molecule has 1 fully saturated rings. The molecule has 2 rings (SSSR count). The van der Waals surface area contributed by atoms with Crippen LogP contribution in [0.25, 0.3) is 0 Å². The van der Waals surface area contributed by atoms with E-state index in [4.69, 9.17) is 9.15 Å². The molecule has 1 aromatic rings. The summed E-state index contributed by atoms with van der Waals surface area (Å²) < 4.78 is 10.9. The van der Waals surface area contributed by atoms with Crippen LogP contribution in [0.5, 0.6) is 0 Å². The highest BCUT2D eigenvalue weighted by Gasteiger charge is 2.61. The lowest BCUT2D eigenvalue weighted by Gasteiger charge is -2.03. The SMILES string of the molecule is CCCc1cc(COC(=O)C2C(C=C(C)C)C2(C)C)co1. The minimum Gasteiger partial charge on any atom is -0.469 e. The van der Waals surface area contributed by atoms with E-state index in [1.807, 2.05) is 6.07 Å². The third-order valence-electron chi connectivity index (χ3n) is 4.26. The first-order valence-electron chi connectivity index (χ1n) is 7.74. The summed E-state index contributed by atoms with van der Waals surface area (Å²) >= 11 is 0. The van der Waals surface area contributed by atoms with E-state index in [0.29, 0.717) is 12.5 Å². The molecule has 1 heterocycles. The fourth-order valence-corrected chi connectivity index (χ4v) is 2.92. The van der Waals surface area contributed by atoms with Crippen molar-refractivity contribution >= 4 is 5.97 Å². The Balaban J connectivity index is 1.89. The molecule has 21 heavy (non-hydrogen) atoms. The Morgan fingerprint density at radius 1 is 1.43 bits per heavy atom. The van der Waals surface area contributed by atoms with Crippen molar-refractivity contribution in [3.8, 4) is 0 Å². The van der Waals surface area contributed by atoms with Crippen molar-refractivity contribution in [1.29, 1.82) is 0 Å². The van der Waals surface area contributed by atoms with E-state index in [2.05, 4.69) is 40.7 Å². The second kappa shape index (κ2) is 6.08. The van der Waals surface area contributed by atoms with Crippen LogP contribution in [0, 0.1) is 17.3 Å². The second-order valence-electron chi connectivity index (χ2n) is 6.85. The zero-order chi connectivity index (χ0) is 15.6. The first-order valence-corrected chi connectivity index (χ1v) is 7.74. The molecular weight excluding hydrogens is 264 g/mol. The number of esters is 1. The molecule has 3 nitrogen and oxygen atoms in total. The van der Waals surface area contributed by atoms with Crippen LogP contribution in [0.1, 0.15) is 52.4 Å². The highest BCUT2D eigenvalue weighted by atomic mass is 16.5. The number of hydrogen-bond acceptors (Lipinski definition) is 3. The van der Waals surface area contributed by atoms with Crippen LogP contribution in [0.2, 0.25) is 0 Å². The van der Waals surface area contributed by atoms with Crippen molar-refractivity contribution in [2.24, 2.45) is 17.3 Å². The van der Waals surface area contributed by atoms with Gasteiger partial charge in [0.15, 0.2) is 0 Å². The van der Waals surface area contributed by atoms with Gasteiger partial charge in [0.1, 0.15) is 12.4 Å². The Morgan fingerprint density at radius 2 is 2.14 bits per heavy atom. The van der Waals surface area contributed by atoms with Gasteiger partial charge in [-0.05, 0) is 37.7 Å². The number of carbonyl (C=O) groups excluding carboxylic acids is 1. The van der Waals surface area contributed by atoms with Gasteiger partial charge in [0.25, 0.3) is 0 Å². The lowest BCUT2D eigenvalue weighted by atomic mass is 10.1. The standard InChI is InChI=1S/C18H26O3/c1-6-7-14-9-13(10-20-14)11-21-17(19)16-15(8-12(2)3)18(16,4)5/h8-10,15-16H,6-7,11H2,1-5H3. The van der Waals surface area contributed by atoms with Crippen molar-refractivity contribution in [1.82, 2.24) is 0 Å². The number of aryl methyl sites for hydroxylation is 1. The van der Waals surface area contributed by atoms with Gasteiger partial charge >= 0.3 is 5.97 Å². The Morgan fingerprint density at radius 3 is 2.76 bits per heavy atom. The third-order valence-corrected chi connectivity index (χ3v) is 4.26. The van der Waals surface area contributed by atoms with Crippen LogP contribution in [-0.4, -0.2) is 5.97 Å². The average molecular weight is 290 g/mol. The van der Waals surface area contributed by atoms with Gasteiger partial charge in [0, 0.05) is 12.0 Å². The van der Waals surface area contributed by atoms with Gasteiger partial charge in [-0.3, -0.25) is 4.79 Å². The lowest BCUT2D eigenvalue weighted by molar-refractivity contribution is -0.147. The highest BCUT2D eigenvalue weighted by Crippen LogP contribution is 2.59. The van der Waals surface area contributed by atoms with Crippen LogP contribution in [0.15, 0.2) is 28.4 Å². The van der Waals surface area contributed by atoms with Gasteiger partial charge in [-0.15, -0.1) is 0 Å². The Hall–Kier alpha value is -1.51. The topological polar surface area (TPSA) is 39.4 Å². The predicted octanol–water partition coefficient (Wildman–Crippen LogP) is 4.51. The summed E-state index contributed by atoms with van der Waals surface area (Å²) in [5.41, 5.74) is 2.20. The van der Waals surface area contributed by atoms with Crippen LogP contribution in [0.4, 0.5) is 0 Å². The average Bonchev–Trinajstić information content (AvgIpc) is 2.75. The quantitative estimate of drug-likeness (QED) is 0.571. The fourth-order valence-electron chi connectivity index (χ4n) is 2.92. The summed E-state index contributed by atoms with van der Waals surface area (Å²) in [5.74, 6) is 1.14. The van der Waals surface area contributed by atoms with Crippen molar-refractivity contribution < 1.29 is 13.9 Å². The first kappa shape index (κ1) is 15.9. The van der Waals surface area contributed by atoms with Gasteiger partial charge < -0.3 is 9.15 Å². The van der Waals surface area contributed by atoms with E-state index < -0.39 is 0 Å². The monoisotopic (exact) mass is 290 g/mol. The molecule has 116 valence electrons. The number of furan rings is 1. The molecular formula is C18H26O3. The third kappa shape index (κ3) is 3.58. The van der Waals surface area contributed by atoms with E-state index in [1.54, 1.807) is 6.26 Å². The van der Waals surface area contributed by atoms with Gasteiger partial charge in [0.05, 0.1) is 12.2 Å². The largest absolute Gasteiger partial charge is 0.469 e. The minimum absolute atomic E-state index is 0.0120. The van der Waals surface area contributed by atoms with Crippen molar-refractivity contribution in [3.05, 3.63) is 35.3 Å². The molecule has 0 aromatic carbocycles. The molecule has 0 bridgehead atoms. The van der Waals surface area contributed by atoms with E-state index in [9.17, 15) is 4.79 Å². The molecule has 0 radical (unpaired) electrons. The molecule has 1 saturated carbocycles. The maximum absolute atomic E-state index is 12.2.